The summed E-state index contributed by atoms with van der Waals surface area (Å²) < 4.78 is 2.30. The van der Waals surface area contributed by atoms with Crippen LogP contribution in [-0.4, -0.2) is 22.4 Å². The van der Waals surface area contributed by atoms with Crippen LogP contribution in [0.4, 0.5) is 0 Å². The average molecular weight is 275 g/mol. The first kappa shape index (κ1) is 14.1. The van der Waals surface area contributed by atoms with Crippen molar-refractivity contribution in [3.05, 3.63) is 17.0 Å². The van der Waals surface area contributed by atoms with Crippen LogP contribution in [0.15, 0.2) is 0 Å². The van der Waals surface area contributed by atoms with Gasteiger partial charge in [-0.25, -0.2) is 0 Å². The van der Waals surface area contributed by atoms with Gasteiger partial charge in [-0.2, -0.15) is 5.10 Å². The van der Waals surface area contributed by atoms with Gasteiger partial charge in [0.25, 0.3) is 0 Å². The second kappa shape index (κ2) is 5.51. The summed E-state index contributed by atoms with van der Waals surface area (Å²) in [6.07, 6.45) is 6.69. The zero-order valence-electron chi connectivity index (χ0n) is 13.4. The number of hydrogen-bond acceptors (Lipinski definition) is 2. The van der Waals surface area contributed by atoms with E-state index in [4.69, 9.17) is 5.10 Å². The maximum atomic E-state index is 4.83. The van der Waals surface area contributed by atoms with Gasteiger partial charge in [-0.05, 0) is 76.8 Å². The molecule has 1 aromatic heterocycles. The van der Waals surface area contributed by atoms with Crippen LogP contribution in [-0.2, 0) is 6.42 Å². The van der Waals surface area contributed by atoms with E-state index in [1.165, 1.54) is 42.6 Å². The number of aryl methyl sites for hydroxylation is 1. The largest absolute Gasteiger partial charge is 0.314 e. The number of nitrogens with one attached hydrogen (secondary N) is 1. The van der Waals surface area contributed by atoms with Crippen molar-refractivity contribution in [2.45, 2.75) is 71.9 Å². The fourth-order valence-corrected chi connectivity index (χ4v) is 3.24. The molecule has 3 heteroatoms. The lowest BCUT2D eigenvalue weighted by Gasteiger charge is -2.15. The molecule has 1 heterocycles. The van der Waals surface area contributed by atoms with Crippen LogP contribution in [0.3, 0.4) is 0 Å². The van der Waals surface area contributed by atoms with Gasteiger partial charge in [0.1, 0.15) is 0 Å². The van der Waals surface area contributed by atoms with E-state index in [0.717, 1.165) is 24.9 Å². The zero-order chi connectivity index (χ0) is 14.3. The Bertz CT molecular complexity index is 469. The van der Waals surface area contributed by atoms with E-state index in [-0.39, 0.29) is 0 Å². The molecule has 2 aliphatic rings. The van der Waals surface area contributed by atoms with E-state index in [0.29, 0.717) is 12.0 Å². The van der Waals surface area contributed by atoms with Crippen molar-refractivity contribution in [2.24, 2.45) is 11.8 Å². The van der Waals surface area contributed by atoms with Crippen molar-refractivity contribution in [3.8, 4) is 0 Å². The van der Waals surface area contributed by atoms with Crippen molar-refractivity contribution in [2.75, 3.05) is 6.54 Å². The number of hydrogen-bond donors (Lipinski definition) is 1. The third-order valence-electron chi connectivity index (χ3n) is 5.05. The molecule has 0 spiro atoms. The average Bonchev–Trinajstić information content (AvgIpc) is 3.29. The number of aromatic nitrogens is 2. The molecule has 1 aromatic rings. The molecule has 1 N–H and O–H groups in total. The van der Waals surface area contributed by atoms with Crippen LogP contribution in [0.1, 0.15) is 62.5 Å². The van der Waals surface area contributed by atoms with Crippen LogP contribution in [0.25, 0.3) is 0 Å². The summed E-state index contributed by atoms with van der Waals surface area (Å²) in [4.78, 5) is 0. The lowest BCUT2D eigenvalue weighted by Crippen LogP contribution is -2.24. The molecule has 0 aromatic carbocycles. The van der Waals surface area contributed by atoms with Gasteiger partial charge in [-0.1, -0.05) is 6.92 Å². The molecule has 2 unspecified atom stereocenters. The van der Waals surface area contributed by atoms with Gasteiger partial charge in [0.15, 0.2) is 0 Å². The Morgan fingerprint density at radius 2 is 1.90 bits per heavy atom. The molecule has 0 amide bonds. The van der Waals surface area contributed by atoms with Crippen LogP contribution < -0.4 is 5.32 Å². The first-order chi connectivity index (χ1) is 9.56. The van der Waals surface area contributed by atoms with E-state index >= 15 is 0 Å². The Kier molecular flexibility index (Phi) is 3.89. The molecule has 3 nitrogen and oxygen atoms in total. The molecule has 112 valence electrons. The molecule has 0 saturated heterocycles. The van der Waals surface area contributed by atoms with Gasteiger partial charge >= 0.3 is 0 Å². The monoisotopic (exact) mass is 275 g/mol. The molecule has 2 saturated carbocycles. The SMILES string of the molecule is Cc1nn(C(C)C2CC2)c(C)c1CC(C)CNC1CC1. The van der Waals surface area contributed by atoms with Gasteiger partial charge in [-0.15, -0.1) is 0 Å². The third-order valence-corrected chi connectivity index (χ3v) is 5.05. The minimum atomic E-state index is 0.586. The Balaban J connectivity index is 1.65. The molecule has 2 fully saturated rings. The first-order valence-electron chi connectivity index (χ1n) is 8.34. The smallest absolute Gasteiger partial charge is 0.0628 e. The summed E-state index contributed by atoms with van der Waals surface area (Å²) >= 11 is 0. The highest BCUT2D eigenvalue weighted by Gasteiger charge is 2.31. The van der Waals surface area contributed by atoms with Crippen molar-refractivity contribution < 1.29 is 0 Å². The second-order valence-corrected chi connectivity index (χ2v) is 7.16. The lowest BCUT2D eigenvalue weighted by molar-refractivity contribution is 0.428. The van der Waals surface area contributed by atoms with Crippen molar-refractivity contribution in [3.63, 3.8) is 0 Å². The summed E-state index contributed by atoms with van der Waals surface area (Å²) in [5.74, 6) is 1.57. The van der Waals surface area contributed by atoms with Gasteiger partial charge in [0.2, 0.25) is 0 Å². The molecular formula is C17H29N3. The van der Waals surface area contributed by atoms with Gasteiger partial charge < -0.3 is 5.32 Å². The Morgan fingerprint density at radius 1 is 1.20 bits per heavy atom. The fraction of sp³-hybridized carbons (Fsp3) is 0.824. The van der Waals surface area contributed by atoms with Crippen molar-refractivity contribution in [1.29, 1.82) is 0 Å². The van der Waals surface area contributed by atoms with E-state index in [1.54, 1.807) is 0 Å². The summed E-state index contributed by atoms with van der Waals surface area (Å²) in [6.45, 7) is 10.3. The van der Waals surface area contributed by atoms with Gasteiger partial charge in [0.05, 0.1) is 11.7 Å². The molecule has 2 aliphatic carbocycles. The van der Waals surface area contributed by atoms with Crippen molar-refractivity contribution >= 4 is 0 Å². The summed E-state index contributed by atoms with van der Waals surface area (Å²) in [5.41, 5.74) is 4.14. The quantitative estimate of drug-likeness (QED) is 0.826. The number of rotatable bonds is 7. The van der Waals surface area contributed by atoms with Crippen molar-refractivity contribution in [1.82, 2.24) is 15.1 Å². The second-order valence-electron chi connectivity index (χ2n) is 7.16. The number of nitrogens with zero attached hydrogens (tertiary/aromatic N) is 2. The minimum absolute atomic E-state index is 0.586. The van der Waals surface area contributed by atoms with E-state index in [1.807, 2.05) is 0 Å². The predicted octanol–water partition coefficient (Wildman–Crippen LogP) is 3.40. The first-order valence-corrected chi connectivity index (χ1v) is 8.34. The molecule has 0 bridgehead atoms. The molecule has 20 heavy (non-hydrogen) atoms. The van der Waals surface area contributed by atoms with Crippen LogP contribution in [0, 0.1) is 25.7 Å². The molecule has 0 aliphatic heterocycles. The maximum Gasteiger partial charge on any atom is 0.0628 e. The standard InChI is InChI=1S/C17H29N3/c1-11(10-18-16-7-8-16)9-17-12(2)19-20(14(17)4)13(3)15-5-6-15/h11,13,15-16,18H,5-10H2,1-4H3. The Hall–Kier alpha value is -0.830. The maximum absolute atomic E-state index is 4.83. The van der Waals surface area contributed by atoms with Crippen LogP contribution in [0.5, 0.6) is 0 Å². The lowest BCUT2D eigenvalue weighted by atomic mass is 9.99. The molecule has 0 radical (unpaired) electrons. The summed E-state index contributed by atoms with van der Waals surface area (Å²) in [5, 5.41) is 8.47. The normalized spacial score (nSPS) is 22.0. The van der Waals surface area contributed by atoms with Crippen LogP contribution >= 0.6 is 0 Å². The van der Waals surface area contributed by atoms with Gasteiger partial charge in [0, 0.05) is 11.7 Å². The topological polar surface area (TPSA) is 29.9 Å². The molecular weight excluding hydrogens is 246 g/mol. The summed E-state index contributed by atoms with van der Waals surface area (Å²) in [7, 11) is 0. The van der Waals surface area contributed by atoms with E-state index in [2.05, 4.69) is 37.7 Å². The fourth-order valence-electron chi connectivity index (χ4n) is 3.24. The Labute approximate surface area is 123 Å². The Morgan fingerprint density at radius 3 is 2.50 bits per heavy atom. The minimum Gasteiger partial charge on any atom is -0.314 e. The highest BCUT2D eigenvalue weighted by atomic mass is 15.3. The highest BCUT2D eigenvalue weighted by Crippen LogP contribution is 2.40. The summed E-state index contributed by atoms with van der Waals surface area (Å²) in [6, 6.07) is 1.40. The zero-order valence-corrected chi connectivity index (χ0v) is 13.4. The molecule has 2 atom stereocenters. The molecule has 3 rings (SSSR count). The van der Waals surface area contributed by atoms with Gasteiger partial charge in [-0.3, -0.25) is 4.68 Å². The van der Waals surface area contributed by atoms with Crippen LogP contribution in [0.2, 0.25) is 0 Å². The third kappa shape index (κ3) is 3.08. The highest BCUT2D eigenvalue weighted by molar-refractivity contribution is 5.25. The van der Waals surface area contributed by atoms with E-state index in [9.17, 15) is 0 Å². The predicted molar refractivity (Wildman–Crippen MR) is 83.0 cm³/mol. The van der Waals surface area contributed by atoms with E-state index < -0.39 is 0 Å².